The number of rotatable bonds is 4. The van der Waals surface area contributed by atoms with Gasteiger partial charge in [0.2, 0.25) is 5.91 Å². The third-order valence-corrected chi connectivity index (χ3v) is 3.82. The molecule has 1 aromatic carbocycles. The van der Waals surface area contributed by atoms with Gasteiger partial charge in [-0.05, 0) is 18.6 Å². The second kappa shape index (κ2) is 6.97. The zero-order valence-corrected chi connectivity index (χ0v) is 13.6. The van der Waals surface area contributed by atoms with Crippen LogP contribution in [0.4, 0.5) is 4.79 Å². The van der Waals surface area contributed by atoms with Crippen LogP contribution in [0.15, 0.2) is 12.1 Å². The van der Waals surface area contributed by atoms with Crippen molar-refractivity contribution in [1.29, 1.82) is 0 Å². The minimum atomic E-state index is -0.773. The number of hydrogen-bond donors (Lipinski definition) is 2. The fraction of sp³-hybridized carbons (Fsp3) is 0.286. The summed E-state index contributed by atoms with van der Waals surface area (Å²) < 4.78 is 0. The van der Waals surface area contributed by atoms with Gasteiger partial charge in [0.25, 0.3) is 11.8 Å². The molecule has 0 aliphatic carbocycles. The number of hydrogen-bond acceptors (Lipinski definition) is 4. The van der Waals surface area contributed by atoms with Crippen LogP contribution in [0.2, 0.25) is 10.0 Å². The first-order valence-corrected chi connectivity index (χ1v) is 7.53. The number of urea groups is 1. The lowest BCUT2D eigenvalue weighted by Crippen LogP contribution is -2.46. The van der Waals surface area contributed by atoms with Crippen molar-refractivity contribution in [3.8, 4) is 0 Å². The second-order valence-electron chi connectivity index (χ2n) is 4.81. The van der Waals surface area contributed by atoms with Crippen LogP contribution in [0.25, 0.3) is 0 Å². The molecule has 7 nitrogen and oxygen atoms in total. The maximum Gasteiger partial charge on any atom is 0.321 e. The van der Waals surface area contributed by atoms with E-state index in [9.17, 15) is 19.2 Å². The van der Waals surface area contributed by atoms with E-state index in [1.807, 2.05) is 12.2 Å². The van der Waals surface area contributed by atoms with E-state index in [2.05, 4.69) is 5.32 Å². The monoisotopic (exact) mass is 357 g/mol. The molecule has 0 bridgehead atoms. The Kier molecular flexibility index (Phi) is 5.23. The summed E-state index contributed by atoms with van der Waals surface area (Å²) in [5, 5.41) is 4.77. The molecule has 122 valence electrons. The zero-order chi connectivity index (χ0) is 17.1. The first-order valence-electron chi connectivity index (χ1n) is 6.78. The van der Waals surface area contributed by atoms with Crippen molar-refractivity contribution < 1.29 is 19.2 Å². The highest BCUT2D eigenvalue weighted by Crippen LogP contribution is 2.31. The van der Waals surface area contributed by atoms with Crippen LogP contribution in [-0.2, 0) is 4.79 Å². The fourth-order valence-electron chi connectivity index (χ4n) is 2.02. The van der Waals surface area contributed by atoms with Gasteiger partial charge in [-0.3, -0.25) is 24.6 Å². The molecule has 1 aromatic rings. The summed E-state index contributed by atoms with van der Waals surface area (Å²) >= 11 is 11.7. The van der Waals surface area contributed by atoms with Crippen molar-refractivity contribution in [1.82, 2.24) is 15.5 Å². The van der Waals surface area contributed by atoms with Crippen LogP contribution < -0.4 is 10.6 Å². The molecule has 5 amide bonds. The minimum Gasteiger partial charge on any atom is -0.338 e. The second-order valence-corrected chi connectivity index (χ2v) is 5.63. The zero-order valence-electron chi connectivity index (χ0n) is 12.1. The Bertz CT molecular complexity index is 665. The average molecular weight is 358 g/mol. The number of carbonyl (C=O) groups is 4. The Morgan fingerprint density at radius 3 is 2.09 bits per heavy atom. The van der Waals surface area contributed by atoms with Crippen molar-refractivity contribution in [3.63, 3.8) is 0 Å². The van der Waals surface area contributed by atoms with E-state index in [1.54, 1.807) is 0 Å². The van der Waals surface area contributed by atoms with E-state index >= 15 is 0 Å². The number of amides is 5. The first kappa shape index (κ1) is 17.2. The topological polar surface area (TPSA) is 95.6 Å². The van der Waals surface area contributed by atoms with Gasteiger partial charge in [-0.1, -0.05) is 30.1 Å². The van der Waals surface area contributed by atoms with Gasteiger partial charge >= 0.3 is 6.03 Å². The summed E-state index contributed by atoms with van der Waals surface area (Å²) in [6, 6.07) is 1.89. The van der Waals surface area contributed by atoms with E-state index in [0.29, 0.717) is 13.0 Å². The summed E-state index contributed by atoms with van der Waals surface area (Å²) in [5.41, 5.74) is 0.153. The van der Waals surface area contributed by atoms with E-state index in [1.165, 1.54) is 12.1 Å². The van der Waals surface area contributed by atoms with Gasteiger partial charge in [-0.25, -0.2) is 4.79 Å². The van der Waals surface area contributed by atoms with Crippen molar-refractivity contribution in [2.45, 2.75) is 13.3 Å². The van der Waals surface area contributed by atoms with Gasteiger partial charge in [0.05, 0.1) is 21.2 Å². The predicted molar refractivity (Wildman–Crippen MR) is 83.7 cm³/mol. The molecule has 0 fully saturated rings. The molecule has 2 N–H and O–H groups in total. The normalized spacial score (nSPS) is 13.1. The van der Waals surface area contributed by atoms with Gasteiger partial charge in [0, 0.05) is 6.54 Å². The molecule has 0 saturated carbocycles. The van der Waals surface area contributed by atoms with Crippen LogP contribution in [0.3, 0.4) is 0 Å². The SMILES string of the molecule is CCCNC(=O)NC(=O)CN1C(=O)c2cc(Cl)c(Cl)cc2C1=O. The molecule has 0 atom stereocenters. The molecule has 1 aliphatic rings. The molecule has 0 radical (unpaired) electrons. The van der Waals surface area contributed by atoms with E-state index in [-0.39, 0.29) is 21.2 Å². The van der Waals surface area contributed by atoms with E-state index in [4.69, 9.17) is 23.2 Å². The van der Waals surface area contributed by atoms with Gasteiger partial charge < -0.3 is 5.32 Å². The first-order chi connectivity index (χ1) is 10.8. The Balaban J connectivity index is 2.08. The highest BCUT2D eigenvalue weighted by atomic mass is 35.5. The lowest BCUT2D eigenvalue weighted by Gasteiger charge is -2.13. The number of fused-ring (bicyclic) bond motifs is 1. The Labute approximate surface area is 141 Å². The van der Waals surface area contributed by atoms with Gasteiger partial charge in [-0.2, -0.15) is 0 Å². The summed E-state index contributed by atoms with van der Waals surface area (Å²) in [7, 11) is 0. The molecular formula is C14H13Cl2N3O4. The van der Waals surface area contributed by atoms with Crippen LogP contribution in [0.5, 0.6) is 0 Å². The molecular weight excluding hydrogens is 345 g/mol. The molecule has 9 heteroatoms. The Morgan fingerprint density at radius 2 is 1.61 bits per heavy atom. The summed E-state index contributed by atoms with van der Waals surface area (Å²) in [4.78, 5) is 48.3. The molecule has 23 heavy (non-hydrogen) atoms. The van der Waals surface area contributed by atoms with Crippen molar-refractivity contribution in [2.75, 3.05) is 13.1 Å². The van der Waals surface area contributed by atoms with Crippen molar-refractivity contribution in [2.24, 2.45) is 0 Å². The Morgan fingerprint density at radius 1 is 1.09 bits per heavy atom. The molecule has 0 unspecified atom stereocenters. The standard InChI is InChI=1S/C14H13Cl2N3O4/c1-2-3-17-14(23)18-11(20)6-19-12(21)7-4-9(15)10(16)5-8(7)13(19)22/h4-5H,2-3,6H2,1H3,(H2,17,18,20,23). The van der Waals surface area contributed by atoms with Gasteiger partial charge in [-0.15, -0.1) is 0 Å². The van der Waals surface area contributed by atoms with E-state index in [0.717, 1.165) is 4.90 Å². The lowest BCUT2D eigenvalue weighted by molar-refractivity contribution is -0.120. The van der Waals surface area contributed by atoms with Crippen molar-refractivity contribution >= 4 is 47.0 Å². The molecule has 1 heterocycles. The highest BCUT2D eigenvalue weighted by molar-refractivity contribution is 6.43. The third kappa shape index (κ3) is 3.62. The number of carbonyl (C=O) groups excluding carboxylic acids is 4. The number of nitrogens with one attached hydrogen (secondary N) is 2. The van der Waals surface area contributed by atoms with E-state index < -0.39 is 30.3 Å². The molecule has 0 saturated heterocycles. The van der Waals surface area contributed by atoms with Crippen LogP contribution in [0.1, 0.15) is 34.1 Å². The third-order valence-electron chi connectivity index (χ3n) is 3.10. The van der Waals surface area contributed by atoms with Crippen molar-refractivity contribution in [3.05, 3.63) is 33.3 Å². The highest BCUT2D eigenvalue weighted by Gasteiger charge is 2.37. The largest absolute Gasteiger partial charge is 0.338 e. The van der Waals surface area contributed by atoms with Crippen LogP contribution >= 0.6 is 23.2 Å². The van der Waals surface area contributed by atoms with Crippen LogP contribution in [0, 0.1) is 0 Å². The molecule has 2 rings (SSSR count). The minimum absolute atomic E-state index is 0.0765. The van der Waals surface area contributed by atoms with Crippen LogP contribution in [-0.4, -0.2) is 41.7 Å². The lowest BCUT2D eigenvalue weighted by atomic mass is 10.1. The number of imide groups is 2. The molecule has 0 aromatic heterocycles. The fourth-order valence-corrected chi connectivity index (χ4v) is 2.35. The van der Waals surface area contributed by atoms with Gasteiger partial charge in [0.15, 0.2) is 0 Å². The molecule has 0 spiro atoms. The molecule has 1 aliphatic heterocycles. The maximum absolute atomic E-state index is 12.2. The Hall–Kier alpha value is -2.12. The maximum atomic E-state index is 12.2. The smallest absolute Gasteiger partial charge is 0.321 e. The summed E-state index contributed by atoms with van der Waals surface area (Å²) in [6.45, 7) is 1.70. The predicted octanol–water partition coefficient (Wildman–Crippen LogP) is 1.83. The quantitative estimate of drug-likeness (QED) is 0.803. The average Bonchev–Trinajstić information content (AvgIpc) is 2.71. The summed E-state index contributed by atoms with van der Waals surface area (Å²) in [5.74, 6) is -2.09. The summed E-state index contributed by atoms with van der Waals surface area (Å²) in [6.07, 6.45) is 0.710. The number of halogens is 2. The van der Waals surface area contributed by atoms with Gasteiger partial charge in [0.1, 0.15) is 6.54 Å². The number of nitrogens with zero attached hydrogens (tertiary/aromatic N) is 1. The number of benzene rings is 1.